The molecule has 8 heteroatoms. The molecular formula is C16H13Cl2F2NO2S. The topological polar surface area (TPSA) is 38.3 Å². The van der Waals surface area contributed by atoms with Crippen molar-refractivity contribution in [3.63, 3.8) is 0 Å². The summed E-state index contributed by atoms with van der Waals surface area (Å²) in [6.07, 6.45) is 0. The standard InChI is InChI=1S/C16H13Cl2F2NO2S/c17-11-6-5-10(12(18)7-11)8-24-9-15(22)21-13-3-1-2-4-14(13)23-16(19)20/h1-7,16H,8-9H2,(H,21,22). The number of hydrogen-bond acceptors (Lipinski definition) is 3. The molecule has 0 aromatic heterocycles. The number of alkyl halides is 2. The third-order valence-corrected chi connectivity index (χ3v) is 4.45. The van der Waals surface area contributed by atoms with Crippen molar-refractivity contribution in [1.29, 1.82) is 0 Å². The molecule has 0 heterocycles. The first kappa shape index (κ1) is 18.8. The smallest absolute Gasteiger partial charge is 0.387 e. The Balaban J connectivity index is 1.87. The van der Waals surface area contributed by atoms with Gasteiger partial charge in [0.05, 0.1) is 11.4 Å². The summed E-state index contributed by atoms with van der Waals surface area (Å²) >= 11 is 13.2. The predicted molar refractivity (Wildman–Crippen MR) is 94.3 cm³/mol. The molecule has 0 saturated heterocycles. The van der Waals surface area contributed by atoms with E-state index < -0.39 is 6.61 Å². The lowest BCUT2D eigenvalue weighted by molar-refractivity contribution is -0.113. The quantitative estimate of drug-likeness (QED) is 0.680. The van der Waals surface area contributed by atoms with Crippen LogP contribution in [-0.4, -0.2) is 18.3 Å². The maximum Gasteiger partial charge on any atom is 0.387 e. The van der Waals surface area contributed by atoms with Crippen LogP contribution in [0.5, 0.6) is 5.75 Å². The Morgan fingerprint density at radius 3 is 2.67 bits per heavy atom. The van der Waals surface area contributed by atoms with Gasteiger partial charge in [-0.15, -0.1) is 11.8 Å². The molecule has 0 saturated carbocycles. The number of anilines is 1. The second-order valence-electron chi connectivity index (χ2n) is 4.65. The first-order chi connectivity index (χ1) is 11.5. The highest BCUT2D eigenvalue weighted by Crippen LogP contribution is 2.27. The Morgan fingerprint density at radius 2 is 1.96 bits per heavy atom. The number of carbonyl (C=O) groups is 1. The molecule has 2 rings (SSSR count). The van der Waals surface area contributed by atoms with Gasteiger partial charge in [0, 0.05) is 15.8 Å². The summed E-state index contributed by atoms with van der Waals surface area (Å²) in [4.78, 5) is 12.0. The number of benzene rings is 2. The molecule has 0 spiro atoms. The van der Waals surface area contributed by atoms with Crippen molar-refractivity contribution in [2.45, 2.75) is 12.4 Å². The number of ether oxygens (including phenoxy) is 1. The highest BCUT2D eigenvalue weighted by atomic mass is 35.5. The number of amides is 1. The van der Waals surface area contributed by atoms with E-state index in [-0.39, 0.29) is 23.1 Å². The van der Waals surface area contributed by atoms with Crippen molar-refractivity contribution in [3.8, 4) is 5.75 Å². The summed E-state index contributed by atoms with van der Waals surface area (Å²) in [5.74, 6) is 0.266. The zero-order valence-electron chi connectivity index (χ0n) is 12.3. The van der Waals surface area contributed by atoms with Gasteiger partial charge < -0.3 is 10.1 Å². The zero-order chi connectivity index (χ0) is 17.5. The second kappa shape index (κ2) is 9.11. The third kappa shape index (κ3) is 5.85. The van der Waals surface area contributed by atoms with Crippen LogP contribution in [-0.2, 0) is 10.5 Å². The van der Waals surface area contributed by atoms with E-state index >= 15 is 0 Å². The molecule has 1 amide bonds. The maximum absolute atomic E-state index is 12.3. The normalized spacial score (nSPS) is 10.7. The van der Waals surface area contributed by atoms with E-state index in [9.17, 15) is 13.6 Å². The zero-order valence-corrected chi connectivity index (χ0v) is 14.6. The van der Waals surface area contributed by atoms with Crippen molar-refractivity contribution in [2.24, 2.45) is 0 Å². The van der Waals surface area contributed by atoms with Crippen LogP contribution in [0.3, 0.4) is 0 Å². The number of thioether (sulfide) groups is 1. The molecule has 2 aromatic rings. The summed E-state index contributed by atoms with van der Waals surface area (Å²) < 4.78 is 29.0. The lowest BCUT2D eigenvalue weighted by Gasteiger charge is -2.11. The lowest BCUT2D eigenvalue weighted by atomic mass is 10.2. The molecule has 2 aromatic carbocycles. The van der Waals surface area contributed by atoms with E-state index in [2.05, 4.69) is 10.1 Å². The Morgan fingerprint density at radius 1 is 1.21 bits per heavy atom. The van der Waals surface area contributed by atoms with E-state index in [0.29, 0.717) is 15.8 Å². The molecule has 3 nitrogen and oxygen atoms in total. The molecule has 0 aliphatic heterocycles. The van der Waals surface area contributed by atoms with Gasteiger partial charge in [0.15, 0.2) is 0 Å². The fourth-order valence-corrected chi connectivity index (χ4v) is 3.23. The van der Waals surface area contributed by atoms with Gasteiger partial charge in [0.1, 0.15) is 5.75 Å². The highest BCUT2D eigenvalue weighted by molar-refractivity contribution is 7.99. The van der Waals surface area contributed by atoms with Gasteiger partial charge in [0.25, 0.3) is 0 Å². The van der Waals surface area contributed by atoms with E-state index in [0.717, 1.165) is 5.56 Å². The predicted octanol–water partition coefficient (Wildman–Crippen LogP) is 5.47. The average Bonchev–Trinajstić information content (AvgIpc) is 2.51. The molecule has 0 aliphatic carbocycles. The van der Waals surface area contributed by atoms with Crippen LogP contribution in [0.2, 0.25) is 10.0 Å². The molecule has 0 aliphatic rings. The van der Waals surface area contributed by atoms with E-state index in [1.165, 1.54) is 23.9 Å². The first-order valence-electron chi connectivity index (χ1n) is 6.81. The van der Waals surface area contributed by atoms with Crippen LogP contribution < -0.4 is 10.1 Å². The highest BCUT2D eigenvalue weighted by Gasteiger charge is 2.12. The van der Waals surface area contributed by atoms with Gasteiger partial charge >= 0.3 is 6.61 Å². The van der Waals surface area contributed by atoms with E-state index in [1.807, 2.05) is 0 Å². The van der Waals surface area contributed by atoms with Crippen LogP contribution in [0, 0.1) is 0 Å². The summed E-state index contributed by atoms with van der Waals surface area (Å²) in [6, 6.07) is 11.2. The van der Waals surface area contributed by atoms with Gasteiger partial charge in [-0.2, -0.15) is 8.78 Å². The molecule has 128 valence electrons. The molecule has 24 heavy (non-hydrogen) atoms. The summed E-state index contributed by atoms with van der Waals surface area (Å²) in [5.41, 5.74) is 1.06. The van der Waals surface area contributed by atoms with Crippen molar-refractivity contribution in [2.75, 3.05) is 11.1 Å². The van der Waals surface area contributed by atoms with Gasteiger partial charge in [-0.3, -0.25) is 4.79 Å². The summed E-state index contributed by atoms with van der Waals surface area (Å²) in [6.45, 7) is -2.95. The number of rotatable bonds is 7. The summed E-state index contributed by atoms with van der Waals surface area (Å²) in [5, 5.41) is 3.63. The van der Waals surface area contributed by atoms with Crippen molar-refractivity contribution in [3.05, 3.63) is 58.1 Å². The fraction of sp³-hybridized carbons (Fsp3) is 0.188. The van der Waals surface area contributed by atoms with Gasteiger partial charge in [0.2, 0.25) is 5.91 Å². The SMILES string of the molecule is O=C(CSCc1ccc(Cl)cc1Cl)Nc1ccccc1OC(F)F. The Kier molecular flexibility index (Phi) is 7.15. The third-order valence-electron chi connectivity index (χ3n) is 2.88. The monoisotopic (exact) mass is 391 g/mol. The molecule has 1 N–H and O–H groups in total. The largest absolute Gasteiger partial charge is 0.433 e. The Bertz CT molecular complexity index is 716. The minimum absolute atomic E-state index is 0.0772. The lowest BCUT2D eigenvalue weighted by Crippen LogP contribution is -2.15. The number of halogens is 4. The maximum atomic E-state index is 12.3. The van der Waals surface area contributed by atoms with Gasteiger partial charge in [-0.25, -0.2) is 0 Å². The molecule has 0 radical (unpaired) electrons. The Hall–Kier alpha value is -1.50. The van der Waals surface area contributed by atoms with Crippen LogP contribution >= 0.6 is 35.0 Å². The number of carbonyl (C=O) groups excluding carboxylic acids is 1. The Labute approximate surface area is 152 Å². The van der Waals surface area contributed by atoms with Crippen molar-refractivity contribution < 1.29 is 18.3 Å². The molecule has 0 atom stereocenters. The summed E-state index contributed by atoms with van der Waals surface area (Å²) in [7, 11) is 0. The second-order valence-corrected chi connectivity index (χ2v) is 6.48. The molecule has 0 bridgehead atoms. The number of nitrogens with one attached hydrogen (secondary N) is 1. The van der Waals surface area contributed by atoms with Crippen molar-refractivity contribution >= 4 is 46.6 Å². The first-order valence-corrected chi connectivity index (χ1v) is 8.72. The fourth-order valence-electron chi connectivity index (χ4n) is 1.85. The van der Waals surface area contributed by atoms with Crippen molar-refractivity contribution in [1.82, 2.24) is 0 Å². The van der Waals surface area contributed by atoms with E-state index in [4.69, 9.17) is 23.2 Å². The van der Waals surface area contributed by atoms with Gasteiger partial charge in [-0.05, 0) is 29.8 Å². The van der Waals surface area contributed by atoms with Crippen LogP contribution in [0.4, 0.5) is 14.5 Å². The van der Waals surface area contributed by atoms with E-state index in [1.54, 1.807) is 30.3 Å². The number of hydrogen-bond donors (Lipinski definition) is 1. The van der Waals surface area contributed by atoms with Gasteiger partial charge in [-0.1, -0.05) is 41.4 Å². The molecular weight excluding hydrogens is 379 g/mol. The average molecular weight is 392 g/mol. The molecule has 0 unspecified atom stereocenters. The van der Waals surface area contributed by atoms with Crippen LogP contribution in [0.1, 0.15) is 5.56 Å². The minimum Gasteiger partial charge on any atom is -0.433 e. The molecule has 0 fully saturated rings. The van der Waals surface area contributed by atoms with Crippen LogP contribution in [0.25, 0.3) is 0 Å². The number of para-hydroxylation sites is 2. The van der Waals surface area contributed by atoms with Crippen LogP contribution in [0.15, 0.2) is 42.5 Å². The minimum atomic E-state index is -2.95.